The molecule has 0 unspecified atom stereocenters. The fourth-order valence-corrected chi connectivity index (χ4v) is 3.63. The summed E-state index contributed by atoms with van der Waals surface area (Å²) in [6, 6.07) is 12.7. The predicted octanol–water partition coefficient (Wildman–Crippen LogP) is 4.79. The molecule has 10 radical (unpaired) electrons. The highest BCUT2D eigenvalue weighted by Crippen LogP contribution is 2.51. The van der Waals surface area contributed by atoms with Crippen LogP contribution in [0.1, 0.15) is 5.56 Å². The lowest BCUT2D eigenvalue weighted by Crippen LogP contribution is -2.46. The lowest BCUT2D eigenvalue weighted by molar-refractivity contribution is 0.165. The first-order valence-electron chi connectivity index (χ1n) is 8.21. The molecule has 1 heteroatoms. The van der Waals surface area contributed by atoms with Gasteiger partial charge in [-0.3, -0.25) is 0 Å². The molecule has 1 aliphatic heterocycles. The third-order valence-electron chi connectivity index (χ3n) is 4.85. The quantitative estimate of drug-likeness (QED) is 0.774. The van der Waals surface area contributed by atoms with Crippen molar-refractivity contribution >= 4 is 16.8 Å². The highest BCUT2D eigenvalue weighted by Gasteiger charge is 2.50. The Labute approximate surface area is 144 Å². The van der Waals surface area contributed by atoms with Crippen LogP contribution in [0.3, 0.4) is 0 Å². The van der Waals surface area contributed by atoms with Gasteiger partial charge in [-0.05, 0) is 62.8 Å². The smallest absolute Gasteiger partial charge is 0.141 e. The minimum absolute atomic E-state index is 0.565. The van der Waals surface area contributed by atoms with Gasteiger partial charge in [0.05, 0.1) is 0 Å². The molecule has 0 N–H and O–H groups in total. The van der Waals surface area contributed by atoms with Gasteiger partial charge < -0.3 is 4.74 Å². The highest BCUT2D eigenvalue weighted by atomic mass is 16.5. The Morgan fingerprint density at radius 1 is 0.708 bits per heavy atom. The van der Waals surface area contributed by atoms with Gasteiger partial charge >= 0.3 is 0 Å². The van der Waals surface area contributed by atoms with Crippen molar-refractivity contribution in [2.24, 2.45) is 0 Å². The molecule has 0 amide bonds. The fourth-order valence-electron chi connectivity index (χ4n) is 3.63. The lowest BCUT2D eigenvalue weighted by atomic mass is 9.73. The number of ether oxygens (including phenoxy) is 1. The molecule has 1 nitrogen and oxygen atoms in total. The Bertz CT molecular complexity index is 760. The van der Waals surface area contributed by atoms with Crippen LogP contribution >= 0.6 is 0 Å². The Balaban J connectivity index is 1.65. The number of hydrogen-bond donors (Lipinski definition) is 0. The average molecular weight is 308 g/mol. The predicted molar refractivity (Wildman–Crippen MR) is 97.2 cm³/mol. The van der Waals surface area contributed by atoms with Gasteiger partial charge in [0, 0.05) is 22.8 Å². The number of hydrogen-bond acceptors (Lipinski definition) is 1. The van der Waals surface area contributed by atoms with E-state index in [2.05, 4.69) is 99.9 Å². The number of benzene rings is 2. The molecule has 2 fully saturated rings. The SMILES string of the molecule is [CH]1[CH][CH][C](C2([C]3[CH][CH][CH][CH]3)C=Cc3ccc4ccccc4c3O2)[CH]1. The Kier molecular flexibility index (Phi) is 3.43. The molecule has 114 valence electrons. The van der Waals surface area contributed by atoms with Crippen molar-refractivity contribution in [2.45, 2.75) is 5.60 Å². The molecular weight excluding hydrogens is 292 g/mol. The summed E-state index contributed by atoms with van der Waals surface area (Å²) in [7, 11) is 0. The maximum absolute atomic E-state index is 6.73. The Morgan fingerprint density at radius 3 is 2.08 bits per heavy atom. The molecule has 2 aromatic rings. The van der Waals surface area contributed by atoms with E-state index >= 15 is 0 Å². The molecule has 0 bridgehead atoms. The van der Waals surface area contributed by atoms with Gasteiger partial charge in [0.25, 0.3) is 0 Å². The van der Waals surface area contributed by atoms with Gasteiger partial charge in [-0.15, -0.1) is 0 Å². The molecule has 0 saturated heterocycles. The summed E-state index contributed by atoms with van der Waals surface area (Å²) >= 11 is 0. The van der Waals surface area contributed by atoms with Crippen LogP contribution in [0, 0.1) is 63.2 Å². The third-order valence-corrected chi connectivity index (χ3v) is 4.85. The largest absolute Gasteiger partial charge is 0.481 e. The van der Waals surface area contributed by atoms with Gasteiger partial charge in [-0.2, -0.15) is 0 Å². The lowest BCUT2D eigenvalue weighted by Gasteiger charge is -2.43. The molecule has 24 heavy (non-hydrogen) atoms. The first-order chi connectivity index (χ1) is 11.9. The summed E-state index contributed by atoms with van der Waals surface area (Å²) in [6.07, 6.45) is 21.2. The van der Waals surface area contributed by atoms with E-state index in [9.17, 15) is 0 Å². The van der Waals surface area contributed by atoms with Crippen LogP contribution in [0.15, 0.2) is 42.5 Å². The maximum atomic E-state index is 6.73. The zero-order chi connectivity index (χ0) is 16.0. The normalized spacial score (nSPS) is 23.5. The zero-order valence-corrected chi connectivity index (χ0v) is 13.1. The fraction of sp³-hybridized carbons (Fsp3) is 0.0435. The second kappa shape index (κ2) is 5.65. The van der Waals surface area contributed by atoms with E-state index in [1.54, 1.807) is 0 Å². The van der Waals surface area contributed by atoms with E-state index in [1.807, 2.05) is 0 Å². The van der Waals surface area contributed by atoms with Crippen molar-refractivity contribution < 1.29 is 4.74 Å². The summed E-state index contributed by atoms with van der Waals surface area (Å²) in [4.78, 5) is 0. The summed E-state index contributed by atoms with van der Waals surface area (Å²) < 4.78 is 6.73. The van der Waals surface area contributed by atoms with Crippen LogP contribution in [0.4, 0.5) is 0 Å². The van der Waals surface area contributed by atoms with Gasteiger partial charge in [-0.25, -0.2) is 0 Å². The van der Waals surface area contributed by atoms with E-state index in [0.717, 1.165) is 28.5 Å². The Morgan fingerprint density at radius 2 is 1.38 bits per heavy atom. The molecule has 0 atom stereocenters. The van der Waals surface area contributed by atoms with Crippen molar-refractivity contribution in [2.75, 3.05) is 0 Å². The standard InChI is InChI=1S/C23H16O/c1-6-12-21-17(7-1)13-14-18-15-16-23(24-22(18)21,19-8-2-3-9-19)20-10-4-5-11-20/h1-16H. The summed E-state index contributed by atoms with van der Waals surface area (Å²) in [5.41, 5.74) is 0.562. The van der Waals surface area contributed by atoms with Crippen molar-refractivity contribution in [3.8, 4) is 5.75 Å². The summed E-state index contributed by atoms with van der Waals surface area (Å²) in [5.74, 6) is 3.27. The van der Waals surface area contributed by atoms with E-state index in [4.69, 9.17) is 4.74 Å². The van der Waals surface area contributed by atoms with Crippen LogP contribution in [0.5, 0.6) is 5.75 Å². The molecular formula is C23H16O. The highest BCUT2D eigenvalue weighted by molar-refractivity contribution is 5.93. The number of rotatable bonds is 2. The second-order valence-electron chi connectivity index (χ2n) is 6.22. The van der Waals surface area contributed by atoms with Crippen molar-refractivity contribution in [3.63, 3.8) is 0 Å². The van der Waals surface area contributed by atoms with Crippen LogP contribution < -0.4 is 4.74 Å². The van der Waals surface area contributed by atoms with Crippen LogP contribution in [0.25, 0.3) is 16.8 Å². The first kappa shape index (κ1) is 14.6. The summed E-state index contributed by atoms with van der Waals surface area (Å²) in [5, 5.41) is 2.35. The maximum Gasteiger partial charge on any atom is 0.141 e. The van der Waals surface area contributed by atoms with Crippen LogP contribution in [-0.4, -0.2) is 5.60 Å². The van der Waals surface area contributed by atoms with Crippen molar-refractivity contribution in [1.82, 2.24) is 0 Å². The monoisotopic (exact) mass is 308 g/mol. The molecule has 2 aromatic carbocycles. The van der Waals surface area contributed by atoms with Crippen LogP contribution in [0.2, 0.25) is 0 Å². The molecule has 1 heterocycles. The van der Waals surface area contributed by atoms with E-state index < -0.39 is 5.60 Å². The van der Waals surface area contributed by atoms with Crippen LogP contribution in [-0.2, 0) is 0 Å². The molecule has 3 aliphatic rings. The molecule has 0 spiro atoms. The average Bonchev–Trinajstić information content (AvgIpc) is 3.35. The molecule has 5 rings (SSSR count). The second-order valence-corrected chi connectivity index (χ2v) is 6.22. The number of fused-ring (bicyclic) bond motifs is 3. The van der Waals surface area contributed by atoms with E-state index in [1.165, 1.54) is 5.39 Å². The topological polar surface area (TPSA) is 9.23 Å². The van der Waals surface area contributed by atoms with E-state index in [-0.39, 0.29) is 0 Å². The van der Waals surface area contributed by atoms with E-state index in [0.29, 0.717) is 0 Å². The van der Waals surface area contributed by atoms with Crippen molar-refractivity contribution in [3.05, 3.63) is 111 Å². The molecule has 2 aliphatic carbocycles. The first-order valence-corrected chi connectivity index (χ1v) is 8.21. The minimum Gasteiger partial charge on any atom is -0.481 e. The van der Waals surface area contributed by atoms with Gasteiger partial charge in [0.15, 0.2) is 0 Å². The minimum atomic E-state index is -0.565. The van der Waals surface area contributed by atoms with Gasteiger partial charge in [0.1, 0.15) is 11.4 Å². The third kappa shape index (κ3) is 2.13. The summed E-state index contributed by atoms with van der Waals surface area (Å²) in [6.45, 7) is 0. The molecule has 0 aromatic heterocycles. The zero-order valence-electron chi connectivity index (χ0n) is 13.1. The van der Waals surface area contributed by atoms with Gasteiger partial charge in [0.2, 0.25) is 0 Å². The molecule has 2 saturated carbocycles. The van der Waals surface area contributed by atoms with Gasteiger partial charge in [-0.1, -0.05) is 42.5 Å². The Hall–Kier alpha value is -1.76. The van der Waals surface area contributed by atoms with Crippen molar-refractivity contribution in [1.29, 1.82) is 0 Å².